The van der Waals surface area contributed by atoms with E-state index in [4.69, 9.17) is 9.47 Å². The maximum Gasteiger partial charge on any atom is 0.154 e. The van der Waals surface area contributed by atoms with E-state index in [0.29, 0.717) is 5.92 Å². The van der Waals surface area contributed by atoms with Crippen molar-refractivity contribution in [2.45, 2.75) is 39.9 Å². The minimum atomic E-state index is -0.0370. The number of hydrogen-bond donors (Lipinski definition) is 1. The van der Waals surface area contributed by atoms with Gasteiger partial charge in [-0.25, -0.2) is 0 Å². The molecule has 1 fully saturated rings. The fraction of sp³-hybridized carbons (Fsp3) is 0.917. The van der Waals surface area contributed by atoms with Crippen LogP contribution in [0, 0.1) is 5.92 Å². The molecule has 4 heteroatoms. The van der Waals surface area contributed by atoms with Gasteiger partial charge in [0.1, 0.15) is 6.29 Å². The van der Waals surface area contributed by atoms with Crippen LogP contribution in [0.3, 0.4) is 0 Å². The number of nitrogens with one attached hydrogen (secondary N) is 1. The molecule has 1 aliphatic rings. The number of piperidine rings is 1. The molecule has 0 atom stereocenters. The molecule has 0 aromatic rings. The highest BCUT2D eigenvalue weighted by atomic mass is 16.7. The van der Waals surface area contributed by atoms with Crippen LogP contribution in [-0.2, 0) is 14.3 Å². The molecule has 0 saturated carbocycles. The molecule has 0 aliphatic carbocycles. The zero-order valence-electron chi connectivity index (χ0n) is 10.7. The first-order chi connectivity index (χ1) is 7.74. The van der Waals surface area contributed by atoms with Gasteiger partial charge in [-0.05, 0) is 46.7 Å². The molecule has 0 unspecified atom stereocenters. The summed E-state index contributed by atoms with van der Waals surface area (Å²) in [5.41, 5.74) is 0. The van der Waals surface area contributed by atoms with Gasteiger partial charge >= 0.3 is 0 Å². The van der Waals surface area contributed by atoms with Crippen LogP contribution in [0.4, 0.5) is 0 Å². The molecule has 0 aromatic heterocycles. The molecule has 1 rings (SSSR count). The Morgan fingerprint density at radius 1 is 1.25 bits per heavy atom. The monoisotopic (exact) mass is 231 g/mol. The van der Waals surface area contributed by atoms with Gasteiger partial charge in [-0.3, -0.25) is 0 Å². The lowest BCUT2D eigenvalue weighted by Gasteiger charge is -2.16. The number of hydrogen-bond acceptors (Lipinski definition) is 4. The van der Waals surface area contributed by atoms with Crippen LogP contribution < -0.4 is 5.32 Å². The van der Waals surface area contributed by atoms with Crippen LogP contribution in [0.15, 0.2) is 0 Å². The van der Waals surface area contributed by atoms with Crippen molar-refractivity contribution in [2.75, 3.05) is 26.3 Å². The van der Waals surface area contributed by atoms with Crippen molar-refractivity contribution >= 4 is 6.29 Å². The zero-order chi connectivity index (χ0) is 12.2. The van der Waals surface area contributed by atoms with Gasteiger partial charge in [0.05, 0.1) is 0 Å². The molecular formula is C12H25NO3. The Morgan fingerprint density at radius 2 is 1.75 bits per heavy atom. The normalized spacial score (nSPS) is 16.8. The van der Waals surface area contributed by atoms with Crippen molar-refractivity contribution in [1.29, 1.82) is 0 Å². The van der Waals surface area contributed by atoms with E-state index in [9.17, 15) is 4.79 Å². The summed E-state index contributed by atoms with van der Waals surface area (Å²) in [6.07, 6.45) is 3.10. The lowest BCUT2D eigenvalue weighted by atomic mass is 10.0. The Balaban J connectivity index is 0.000000281. The third kappa shape index (κ3) is 8.83. The molecule has 1 saturated heterocycles. The molecule has 4 nitrogen and oxygen atoms in total. The lowest BCUT2D eigenvalue weighted by Crippen LogP contribution is -2.28. The largest absolute Gasteiger partial charge is 0.353 e. The van der Waals surface area contributed by atoms with E-state index in [0.717, 1.165) is 45.4 Å². The topological polar surface area (TPSA) is 47.6 Å². The van der Waals surface area contributed by atoms with Crippen molar-refractivity contribution in [3.63, 3.8) is 0 Å². The fourth-order valence-electron chi connectivity index (χ4n) is 1.50. The highest BCUT2D eigenvalue weighted by Gasteiger charge is 2.09. The number of aldehydes is 1. The average molecular weight is 231 g/mol. The molecule has 16 heavy (non-hydrogen) atoms. The van der Waals surface area contributed by atoms with Gasteiger partial charge in [0.2, 0.25) is 0 Å². The van der Waals surface area contributed by atoms with Crippen molar-refractivity contribution in [3.8, 4) is 0 Å². The van der Waals surface area contributed by atoms with Gasteiger partial charge in [-0.1, -0.05) is 0 Å². The number of carbonyl (C=O) groups excluding carboxylic acids is 1. The van der Waals surface area contributed by atoms with Crippen molar-refractivity contribution in [3.05, 3.63) is 0 Å². The van der Waals surface area contributed by atoms with Crippen LogP contribution in [0.1, 0.15) is 33.6 Å². The first kappa shape index (κ1) is 15.6. The molecular weight excluding hydrogens is 206 g/mol. The van der Waals surface area contributed by atoms with E-state index in [1.54, 1.807) is 0 Å². The summed E-state index contributed by atoms with van der Waals surface area (Å²) in [5, 5.41) is 3.19. The summed E-state index contributed by atoms with van der Waals surface area (Å²) in [6.45, 7) is 9.28. The summed E-state index contributed by atoms with van der Waals surface area (Å²) in [5.74, 6) is 0.344. The smallest absolute Gasteiger partial charge is 0.154 e. The Morgan fingerprint density at radius 3 is 2.06 bits per heavy atom. The Kier molecular flexibility index (Phi) is 10.7. The third-order valence-electron chi connectivity index (χ3n) is 2.38. The highest BCUT2D eigenvalue weighted by molar-refractivity contribution is 5.53. The summed E-state index contributed by atoms with van der Waals surface area (Å²) in [4.78, 5) is 10.1. The minimum absolute atomic E-state index is 0.0370. The SMILES string of the molecule is CCOC(C)OCC.O=CC1CCNCC1. The van der Waals surface area contributed by atoms with Crippen LogP contribution in [0.5, 0.6) is 0 Å². The van der Waals surface area contributed by atoms with Crippen molar-refractivity contribution in [2.24, 2.45) is 5.92 Å². The molecule has 0 bridgehead atoms. The van der Waals surface area contributed by atoms with Gasteiger partial charge in [0.25, 0.3) is 0 Å². The van der Waals surface area contributed by atoms with E-state index < -0.39 is 0 Å². The number of ether oxygens (including phenoxy) is 2. The first-order valence-corrected chi connectivity index (χ1v) is 6.13. The average Bonchev–Trinajstić information content (AvgIpc) is 2.32. The molecule has 0 aromatic carbocycles. The summed E-state index contributed by atoms with van der Waals surface area (Å²) in [6, 6.07) is 0. The summed E-state index contributed by atoms with van der Waals surface area (Å²) >= 11 is 0. The third-order valence-corrected chi connectivity index (χ3v) is 2.38. The van der Waals surface area contributed by atoms with Gasteiger partial charge < -0.3 is 19.6 Å². The molecule has 1 N–H and O–H groups in total. The van der Waals surface area contributed by atoms with Gasteiger partial charge in [-0.15, -0.1) is 0 Å². The molecule has 96 valence electrons. The molecule has 0 amide bonds. The maximum absolute atomic E-state index is 10.1. The van der Waals surface area contributed by atoms with E-state index in [-0.39, 0.29) is 6.29 Å². The van der Waals surface area contributed by atoms with Gasteiger partial charge in [0.15, 0.2) is 6.29 Å². The second kappa shape index (κ2) is 11.0. The molecule has 0 radical (unpaired) electrons. The van der Waals surface area contributed by atoms with E-state index in [2.05, 4.69) is 5.32 Å². The summed E-state index contributed by atoms with van der Waals surface area (Å²) < 4.78 is 10.1. The number of carbonyl (C=O) groups is 1. The van der Waals surface area contributed by atoms with E-state index >= 15 is 0 Å². The number of rotatable bonds is 5. The predicted octanol–water partition coefficient (Wildman–Crippen LogP) is 1.59. The maximum atomic E-state index is 10.1. The van der Waals surface area contributed by atoms with Crippen LogP contribution in [0.25, 0.3) is 0 Å². The highest BCUT2D eigenvalue weighted by Crippen LogP contribution is 2.06. The Hall–Kier alpha value is -0.450. The van der Waals surface area contributed by atoms with E-state index in [1.165, 1.54) is 0 Å². The van der Waals surface area contributed by atoms with Crippen molar-refractivity contribution in [1.82, 2.24) is 5.32 Å². The molecule has 1 heterocycles. The predicted molar refractivity (Wildman–Crippen MR) is 64.4 cm³/mol. The van der Waals surface area contributed by atoms with Gasteiger partial charge in [-0.2, -0.15) is 0 Å². The van der Waals surface area contributed by atoms with Crippen LogP contribution in [0.2, 0.25) is 0 Å². The van der Waals surface area contributed by atoms with E-state index in [1.807, 2.05) is 20.8 Å². The van der Waals surface area contributed by atoms with Crippen LogP contribution >= 0.6 is 0 Å². The lowest BCUT2D eigenvalue weighted by molar-refractivity contribution is -0.123. The fourth-order valence-corrected chi connectivity index (χ4v) is 1.50. The Bertz CT molecular complexity index is 152. The molecule has 0 spiro atoms. The zero-order valence-corrected chi connectivity index (χ0v) is 10.7. The first-order valence-electron chi connectivity index (χ1n) is 6.13. The van der Waals surface area contributed by atoms with Crippen molar-refractivity contribution < 1.29 is 14.3 Å². The second-order valence-electron chi connectivity index (χ2n) is 3.70. The quantitative estimate of drug-likeness (QED) is 0.576. The standard InChI is InChI=1S/C6H11NO.C6H14O2/c8-5-6-1-3-7-4-2-6;1-4-7-6(3)8-5-2/h5-7H,1-4H2;6H,4-5H2,1-3H3. The van der Waals surface area contributed by atoms with Crippen LogP contribution in [-0.4, -0.2) is 38.9 Å². The second-order valence-corrected chi connectivity index (χ2v) is 3.70. The Labute approximate surface area is 98.7 Å². The summed E-state index contributed by atoms with van der Waals surface area (Å²) in [7, 11) is 0. The minimum Gasteiger partial charge on any atom is -0.353 e. The van der Waals surface area contributed by atoms with Gasteiger partial charge in [0, 0.05) is 19.1 Å². The molecule has 1 aliphatic heterocycles.